The molecule has 0 bridgehead atoms. The van der Waals surface area contributed by atoms with Crippen LogP contribution in [0.2, 0.25) is 0 Å². The van der Waals surface area contributed by atoms with Crippen molar-refractivity contribution in [3.05, 3.63) is 53.1 Å². The molecule has 1 aromatic carbocycles. The van der Waals surface area contributed by atoms with Gasteiger partial charge in [0.15, 0.2) is 5.76 Å². The zero-order valence-corrected chi connectivity index (χ0v) is 16.1. The van der Waals surface area contributed by atoms with E-state index in [-0.39, 0.29) is 18.0 Å². The highest BCUT2D eigenvalue weighted by molar-refractivity contribution is 8.00. The molecule has 1 fully saturated rings. The fourth-order valence-electron chi connectivity index (χ4n) is 3.43. The van der Waals surface area contributed by atoms with E-state index in [2.05, 4.69) is 16.8 Å². The Bertz CT molecular complexity index is 880. The lowest BCUT2D eigenvalue weighted by molar-refractivity contribution is 0.0899. The minimum atomic E-state index is -0.108. The number of fused-ring (bicyclic) bond motifs is 1. The number of carbonyl (C=O) groups excluding carboxylic acids is 1. The molecule has 1 aliphatic carbocycles. The number of benzene rings is 1. The molecule has 136 valence electrons. The van der Waals surface area contributed by atoms with Crippen molar-refractivity contribution < 1.29 is 9.21 Å². The van der Waals surface area contributed by atoms with Crippen molar-refractivity contribution in [2.24, 2.45) is 5.73 Å². The number of carbonyl (C=O) groups is 1. The first-order chi connectivity index (χ1) is 12.7. The average molecular weight is 387 g/mol. The number of furan rings is 1. The molecular formula is C20H22N2O2S2. The maximum Gasteiger partial charge on any atom is 0.287 e. The van der Waals surface area contributed by atoms with Crippen LogP contribution in [-0.2, 0) is 5.75 Å². The average Bonchev–Trinajstić information content (AvgIpc) is 3.29. The zero-order valence-electron chi connectivity index (χ0n) is 14.4. The predicted molar refractivity (Wildman–Crippen MR) is 108 cm³/mol. The monoisotopic (exact) mass is 386 g/mol. The number of amides is 1. The number of nitrogens with one attached hydrogen (secondary N) is 1. The van der Waals surface area contributed by atoms with Gasteiger partial charge in [-0.2, -0.15) is 0 Å². The van der Waals surface area contributed by atoms with E-state index in [1.807, 2.05) is 30.3 Å². The van der Waals surface area contributed by atoms with Crippen LogP contribution in [-0.4, -0.2) is 18.0 Å². The molecule has 3 aromatic rings. The van der Waals surface area contributed by atoms with E-state index in [0.29, 0.717) is 5.76 Å². The number of thioether (sulfide) groups is 1. The summed E-state index contributed by atoms with van der Waals surface area (Å²) < 4.78 is 7.19. The Labute approximate surface area is 161 Å². The zero-order chi connectivity index (χ0) is 17.9. The molecule has 4 nitrogen and oxygen atoms in total. The van der Waals surface area contributed by atoms with E-state index >= 15 is 0 Å². The number of thiophene rings is 1. The summed E-state index contributed by atoms with van der Waals surface area (Å²) >= 11 is 3.45. The number of nitrogens with two attached hydrogens (primary N) is 1. The van der Waals surface area contributed by atoms with Crippen LogP contribution in [0.25, 0.3) is 11.0 Å². The first-order valence-corrected chi connectivity index (χ1v) is 10.8. The van der Waals surface area contributed by atoms with Gasteiger partial charge in [-0.25, -0.2) is 0 Å². The van der Waals surface area contributed by atoms with Crippen LogP contribution >= 0.6 is 23.1 Å². The Morgan fingerprint density at radius 1 is 1.19 bits per heavy atom. The van der Waals surface area contributed by atoms with E-state index in [9.17, 15) is 4.79 Å². The molecule has 1 amide bonds. The van der Waals surface area contributed by atoms with Crippen molar-refractivity contribution in [1.82, 2.24) is 5.32 Å². The summed E-state index contributed by atoms with van der Waals surface area (Å²) in [7, 11) is 0. The minimum Gasteiger partial charge on any atom is -0.451 e. The van der Waals surface area contributed by atoms with Gasteiger partial charge in [0.05, 0.1) is 4.21 Å². The number of para-hydroxylation sites is 1. The van der Waals surface area contributed by atoms with Crippen molar-refractivity contribution in [2.45, 2.75) is 47.7 Å². The summed E-state index contributed by atoms with van der Waals surface area (Å²) in [4.78, 5) is 12.9. The largest absolute Gasteiger partial charge is 0.451 e. The van der Waals surface area contributed by atoms with Crippen LogP contribution in [0.4, 0.5) is 0 Å². The fourth-order valence-corrected chi connectivity index (χ4v) is 5.24. The van der Waals surface area contributed by atoms with Gasteiger partial charge >= 0.3 is 0 Å². The Morgan fingerprint density at radius 2 is 2.00 bits per heavy atom. The first kappa shape index (κ1) is 17.6. The second-order valence-electron chi connectivity index (χ2n) is 6.71. The van der Waals surface area contributed by atoms with Crippen molar-refractivity contribution in [3.63, 3.8) is 0 Å². The lowest BCUT2D eigenvalue weighted by Crippen LogP contribution is -2.40. The van der Waals surface area contributed by atoms with Gasteiger partial charge in [0.25, 0.3) is 5.91 Å². The molecule has 0 saturated heterocycles. The van der Waals surface area contributed by atoms with Crippen molar-refractivity contribution in [2.75, 3.05) is 0 Å². The van der Waals surface area contributed by atoms with E-state index in [0.717, 1.165) is 48.0 Å². The first-order valence-electron chi connectivity index (χ1n) is 8.94. The molecule has 6 heteroatoms. The second kappa shape index (κ2) is 7.86. The summed E-state index contributed by atoms with van der Waals surface area (Å²) in [5.74, 6) is 1.06. The summed E-state index contributed by atoms with van der Waals surface area (Å²) in [6.07, 6.45) is 3.80. The summed E-state index contributed by atoms with van der Waals surface area (Å²) in [5.41, 5.74) is 7.71. The molecule has 2 aromatic heterocycles. The molecule has 0 radical (unpaired) electrons. The van der Waals surface area contributed by atoms with Crippen LogP contribution in [0.5, 0.6) is 0 Å². The molecule has 0 unspecified atom stereocenters. The molecule has 3 N–H and O–H groups in total. The molecular weight excluding hydrogens is 364 g/mol. The Balaban J connectivity index is 1.56. The van der Waals surface area contributed by atoms with Crippen LogP contribution in [0.1, 0.15) is 41.8 Å². The molecule has 26 heavy (non-hydrogen) atoms. The SMILES string of the molecule is NC1CCC(NC(=O)c2oc3ccccc3c2CSc2cccs2)CC1. The van der Waals surface area contributed by atoms with Crippen molar-refractivity contribution in [3.8, 4) is 0 Å². The molecule has 2 heterocycles. The normalized spacial score (nSPS) is 20.3. The lowest BCUT2D eigenvalue weighted by atomic mass is 9.92. The third-order valence-electron chi connectivity index (χ3n) is 4.87. The molecule has 0 spiro atoms. The fraction of sp³-hybridized carbons (Fsp3) is 0.350. The van der Waals surface area contributed by atoms with Crippen LogP contribution in [0, 0.1) is 0 Å². The van der Waals surface area contributed by atoms with E-state index in [4.69, 9.17) is 10.2 Å². The number of hydrogen-bond acceptors (Lipinski definition) is 5. The van der Waals surface area contributed by atoms with E-state index in [1.54, 1.807) is 23.1 Å². The van der Waals surface area contributed by atoms with Crippen LogP contribution in [0.15, 0.2) is 50.4 Å². The van der Waals surface area contributed by atoms with Crippen molar-refractivity contribution in [1.29, 1.82) is 0 Å². The lowest BCUT2D eigenvalue weighted by Gasteiger charge is -2.26. The standard InChI is InChI=1S/C20H22N2O2S2/c21-13-7-9-14(10-8-13)22-20(23)19-16(12-26-18-6-3-11-25-18)15-4-1-2-5-17(15)24-19/h1-6,11,13-14H,7-10,12,21H2,(H,22,23). The quantitative estimate of drug-likeness (QED) is 0.619. The van der Waals surface area contributed by atoms with Gasteiger partial charge in [0.2, 0.25) is 0 Å². The summed E-state index contributed by atoms with van der Waals surface area (Å²) in [6, 6.07) is 12.5. The van der Waals surface area contributed by atoms with Gasteiger partial charge in [0.1, 0.15) is 5.58 Å². The van der Waals surface area contributed by atoms with Gasteiger partial charge in [-0.05, 0) is 43.2 Å². The second-order valence-corrected chi connectivity index (χ2v) is 8.94. The number of hydrogen-bond donors (Lipinski definition) is 2. The van der Waals surface area contributed by atoms with Gasteiger partial charge in [0, 0.05) is 28.8 Å². The molecule has 4 rings (SSSR count). The summed E-state index contributed by atoms with van der Waals surface area (Å²) in [5, 5.41) is 6.24. The predicted octanol–water partition coefficient (Wildman–Crippen LogP) is 4.79. The Morgan fingerprint density at radius 3 is 2.77 bits per heavy atom. The topological polar surface area (TPSA) is 68.3 Å². The third kappa shape index (κ3) is 3.82. The summed E-state index contributed by atoms with van der Waals surface area (Å²) in [6.45, 7) is 0. The van der Waals surface area contributed by atoms with E-state index in [1.165, 1.54) is 4.21 Å². The van der Waals surface area contributed by atoms with Gasteiger partial charge < -0.3 is 15.5 Å². The van der Waals surface area contributed by atoms with Gasteiger partial charge in [-0.15, -0.1) is 23.1 Å². The smallest absolute Gasteiger partial charge is 0.287 e. The Hall–Kier alpha value is -1.76. The van der Waals surface area contributed by atoms with E-state index < -0.39 is 0 Å². The molecule has 0 atom stereocenters. The third-order valence-corrected chi connectivity index (χ3v) is 7.02. The highest BCUT2D eigenvalue weighted by atomic mass is 32.2. The minimum absolute atomic E-state index is 0.108. The Kier molecular flexibility index (Phi) is 5.33. The maximum absolute atomic E-state index is 12.9. The van der Waals surface area contributed by atoms with Crippen LogP contribution < -0.4 is 11.1 Å². The number of rotatable bonds is 5. The molecule has 0 aliphatic heterocycles. The van der Waals surface area contributed by atoms with Crippen molar-refractivity contribution >= 4 is 40.0 Å². The molecule has 1 saturated carbocycles. The van der Waals surface area contributed by atoms with Gasteiger partial charge in [-0.3, -0.25) is 4.79 Å². The maximum atomic E-state index is 12.9. The highest BCUT2D eigenvalue weighted by Gasteiger charge is 2.25. The highest BCUT2D eigenvalue weighted by Crippen LogP contribution is 2.34. The van der Waals surface area contributed by atoms with Gasteiger partial charge in [-0.1, -0.05) is 24.3 Å². The molecule has 1 aliphatic rings. The van der Waals surface area contributed by atoms with Crippen LogP contribution in [0.3, 0.4) is 0 Å².